The fourth-order valence-electron chi connectivity index (χ4n) is 3.10. The molecule has 0 amide bonds. The van der Waals surface area contributed by atoms with Crippen molar-refractivity contribution in [3.8, 4) is 17.2 Å². The van der Waals surface area contributed by atoms with Crippen molar-refractivity contribution in [3.05, 3.63) is 73.3 Å². The summed E-state index contributed by atoms with van der Waals surface area (Å²) in [6, 6.07) is 6.11. The highest BCUT2D eigenvalue weighted by Gasteiger charge is 2.43. The number of aryl methyl sites for hydroxylation is 1. The average Bonchev–Trinajstić information content (AvgIpc) is 2.60. The lowest BCUT2D eigenvalue weighted by atomic mass is 9.86. The van der Waals surface area contributed by atoms with Crippen molar-refractivity contribution in [2.24, 2.45) is 0 Å². The highest BCUT2D eigenvalue weighted by molar-refractivity contribution is 5.58. The zero-order chi connectivity index (χ0) is 19.7. The second-order valence-corrected chi connectivity index (χ2v) is 5.81. The summed E-state index contributed by atoms with van der Waals surface area (Å²) in [5.41, 5.74) is -1.19. The number of ether oxygens (including phenoxy) is 2. The number of rotatable bonds is 5. The maximum atomic E-state index is 12.5. The number of fused-ring (bicyclic) bond motifs is 1. The molecule has 9 heteroatoms. The summed E-state index contributed by atoms with van der Waals surface area (Å²) in [5, 5.41) is 24.8. The molecule has 9 nitrogen and oxygen atoms in total. The van der Waals surface area contributed by atoms with Gasteiger partial charge in [0.1, 0.15) is 17.4 Å². The number of hydrogen-bond acceptors (Lipinski definition) is 8. The van der Waals surface area contributed by atoms with E-state index in [0.717, 1.165) is 0 Å². The molecule has 0 saturated carbocycles. The molecular formula is C18H18N2O7. The van der Waals surface area contributed by atoms with Crippen molar-refractivity contribution in [2.45, 2.75) is 19.8 Å². The molecule has 3 rings (SSSR count). The highest BCUT2D eigenvalue weighted by atomic mass is 16.6. The van der Waals surface area contributed by atoms with E-state index < -0.39 is 27.9 Å². The normalized spacial score (nSPS) is 15.7. The van der Waals surface area contributed by atoms with Crippen LogP contribution < -0.4 is 20.4 Å². The number of para-hydroxylation sites is 1. The number of nitrogens with one attached hydrogen (secondary N) is 1. The van der Waals surface area contributed by atoms with E-state index in [0.29, 0.717) is 17.9 Å². The first kappa shape index (κ1) is 18.3. The average molecular weight is 374 g/mol. The van der Waals surface area contributed by atoms with E-state index in [4.69, 9.17) is 13.9 Å². The van der Waals surface area contributed by atoms with Gasteiger partial charge in [0.15, 0.2) is 11.5 Å². The lowest BCUT2D eigenvalue weighted by Crippen LogP contribution is -2.30. The third-order valence-electron chi connectivity index (χ3n) is 4.13. The summed E-state index contributed by atoms with van der Waals surface area (Å²) in [4.78, 5) is 23.6. The Morgan fingerprint density at radius 1 is 1.41 bits per heavy atom. The minimum Gasteiger partial charge on any atom is -0.507 e. The van der Waals surface area contributed by atoms with Crippen LogP contribution >= 0.6 is 0 Å². The van der Waals surface area contributed by atoms with E-state index in [-0.39, 0.29) is 23.0 Å². The van der Waals surface area contributed by atoms with E-state index in [1.165, 1.54) is 20.0 Å². The third-order valence-corrected chi connectivity index (χ3v) is 4.13. The van der Waals surface area contributed by atoms with Gasteiger partial charge in [-0.2, -0.15) is 0 Å². The monoisotopic (exact) mass is 374 g/mol. The van der Waals surface area contributed by atoms with Crippen molar-refractivity contribution >= 4 is 0 Å². The maximum absolute atomic E-state index is 12.5. The van der Waals surface area contributed by atoms with E-state index in [2.05, 4.69) is 5.32 Å². The largest absolute Gasteiger partial charge is 0.507 e. The number of aromatic hydroxyl groups is 1. The van der Waals surface area contributed by atoms with Crippen LogP contribution in [-0.4, -0.2) is 23.7 Å². The smallest absolute Gasteiger partial charge is 0.344 e. The molecule has 0 bridgehead atoms. The van der Waals surface area contributed by atoms with Crippen LogP contribution in [0.4, 0.5) is 0 Å². The van der Waals surface area contributed by atoms with Gasteiger partial charge in [0.25, 0.3) is 5.88 Å². The molecule has 0 fully saturated rings. The first-order chi connectivity index (χ1) is 12.9. The Balaban J connectivity index is 2.36. The standard InChI is InChI=1S/C18H18N2O7/c1-4-25-12-7-5-6-10-13(14-11(21)8-9(2)26-18(14)22)15(20(23)24)17(19-3)27-16(10)12/h5-8,13,19,21H,4H2,1-3H3. The molecule has 142 valence electrons. The molecule has 0 saturated heterocycles. The number of allylic oxidation sites excluding steroid dienone is 1. The number of nitrogens with zero attached hydrogens (tertiary/aromatic N) is 1. The fourth-order valence-corrected chi connectivity index (χ4v) is 3.10. The minimum atomic E-state index is -1.21. The summed E-state index contributed by atoms with van der Waals surface area (Å²) in [5.74, 6) is -0.951. The van der Waals surface area contributed by atoms with Crippen LogP contribution in [0.1, 0.15) is 29.7 Å². The van der Waals surface area contributed by atoms with Gasteiger partial charge < -0.3 is 24.3 Å². The summed E-state index contributed by atoms with van der Waals surface area (Å²) in [7, 11) is 1.46. The summed E-state index contributed by atoms with van der Waals surface area (Å²) < 4.78 is 16.3. The van der Waals surface area contributed by atoms with Gasteiger partial charge in [-0.1, -0.05) is 12.1 Å². The second kappa shape index (κ2) is 7.02. The predicted octanol–water partition coefficient (Wildman–Crippen LogP) is 2.24. The number of nitro groups is 1. The van der Waals surface area contributed by atoms with Gasteiger partial charge in [0.05, 0.1) is 17.1 Å². The van der Waals surface area contributed by atoms with Gasteiger partial charge in [-0.25, -0.2) is 4.79 Å². The lowest BCUT2D eigenvalue weighted by Gasteiger charge is -2.26. The SMILES string of the molecule is CCOc1cccc2c1OC(NC)=C([N+](=O)[O-])C2c1c(O)cc(C)oc1=O. The molecular weight excluding hydrogens is 356 g/mol. The molecule has 0 aliphatic carbocycles. The lowest BCUT2D eigenvalue weighted by molar-refractivity contribution is -0.433. The van der Waals surface area contributed by atoms with Crippen molar-refractivity contribution in [3.63, 3.8) is 0 Å². The molecule has 27 heavy (non-hydrogen) atoms. The summed E-state index contributed by atoms with van der Waals surface area (Å²) in [6.45, 7) is 3.64. The molecule has 2 N–H and O–H groups in total. The van der Waals surface area contributed by atoms with E-state index in [1.807, 2.05) is 0 Å². The quantitative estimate of drug-likeness (QED) is 0.603. The molecule has 2 aromatic rings. The van der Waals surface area contributed by atoms with Gasteiger partial charge in [-0.05, 0) is 19.9 Å². The first-order valence-electron chi connectivity index (χ1n) is 8.22. The van der Waals surface area contributed by atoms with E-state index in [9.17, 15) is 20.0 Å². The first-order valence-corrected chi connectivity index (χ1v) is 8.22. The van der Waals surface area contributed by atoms with Crippen LogP contribution in [-0.2, 0) is 0 Å². The van der Waals surface area contributed by atoms with Gasteiger partial charge >= 0.3 is 11.3 Å². The summed E-state index contributed by atoms with van der Waals surface area (Å²) in [6.07, 6.45) is 0. The summed E-state index contributed by atoms with van der Waals surface area (Å²) >= 11 is 0. The minimum absolute atomic E-state index is 0.149. The van der Waals surface area contributed by atoms with Crippen LogP contribution in [0.5, 0.6) is 17.2 Å². The van der Waals surface area contributed by atoms with Crippen LogP contribution in [0.15, 0.2) is 45.1 Å². The Hall–Kier alpha value is -3.49. The van der Waals surface area contributed by atoms with Gasteiger partial charge in [0, 0.05) is 18.7 Å². The van der Waals surface area contributed by atoms with Gasteiger partial charge in [-0.3, -0.25) is 10.1 Å². The Labute approximate surface area is 154 Å². The molecule has 1 unspecified atom stereocenters. The van der Waals surface area contributed by atoms with Crippen molar-refractivity contribution < 1.29 is 23.9 Å². The predicted molar refractivity (Wildman–Crippen MR) is 94.5 cm³/mol. The number of hydrogen-bond donors (Lipinski definition) is 2. The Kier molecular flexibility index (Phi) is 4.76. The van der Waals surface area contributed by atoms with Crippen LogP contribution in [0.25, 0.3) is 0 Å². The van der Waals surface area contributed by atoms with Crippen molar-refractivity contribution in [1.82, 2.24) is 5.32 Å². The fraction of sp³-hybridized carbons (Fsp3) is 0.278. The molecule has 1 aliphatic rings. The van der Waals surface area contributed by atoms with Gasteiger partial charge in [-0.15, -0.1) is 0 Å². The van der Waals surface area contributed by atoms with Gasteiger partial charge in [0.2, 0.25) is 0 Å². The third kappa shape index (κ3) is 3.07. The molecule has 0 spiro atoms. The molecule has 1 atom stereocenters. The van der Waals surface area contributed by atoms with Crippen LogP contribution in [0.2, 0.25) is 0 Å². The molecule has 1 aliphatic heterocycles. The van der Waals surface area contributed by atoms with Crippen molar-refractivity contribution in [2.75, 3.05) is 13.7 Å². The number of benzene rings is 1. The topological polar surface area (TPSA) is 124 Å². The Morgan fingerprint density at radius 2 is 2.15 bits per heavy atom. The maximum Gasteiger partial charge on any atom is 0.344 e. The van der Waals surface area contributed by atoms with Crippen LogP contribution in [0.3, 0.4) is 0 Å². The zero-order valence-electron chi connectivity index (χ0n) is 14.9. The molecule has 0 radical (unpaired) electrons. The zero-order valence-corrected chi connectivity index (χ0v) is 14.9. The van der Waals surface area contributed by atoms with E-state index >= 15 is 0 Å². The molecule has 1 aromatic heterocycles. The highest BCUT2D eigenvalue weighted by Crippen LogP contribution is 2.47. The Morgan fingerprint density at radius 3 is 2.74 bits per heavy atom. The Bertz CT molecular complexity index is 994. The van der Waals surface area contributed by atoms with Crippen LogP contribution in [0, 0.1) is 17.0 Å². The molecule has 1 aromatic carbocycles. The van der Waals surface area contributed by atoms with E-state index in [1.54, 1.807) is 25.1 Å². The second-order valence-electron chi connectivity index (χ2n) is 5.81. The molecule has 2 heterocycles. The van der Waals surface area contributed by atoms with Crippen molar-refractivity contribution in [1.29, 1.82) is 0 Å².